The summed E-state index contributed by atoms with van der Waals surface area (Å²) in [5.74, 6) is 6.63. The molecule has 1 atom stereocenters. The summed E-state index contributed by atoms with van der Waals surface area (Å²) < 4.78 is 5.21. The fourth-order valence-corrected chi connectivity index (χ4v) is 3.92. The van der Waals surface area contributed by atoms with Gasteiger partial charge in [-0.05, 0) is 56.2 Å². The normalized spacial score (nSPS) is 20.5. The van der Waals surface area contributed by atoms with Crippen molar-refractivity contribution in [2.75, 3.05) is 42.6 Å². The Labute approximate surface area is 189 Å². The Hall–Kier alpha value is -2.54. The number of hydrazine groups is 1. The lowest BCUT2D eigenvalue weighted by atomic mass is 10.1. The molecule has 0 aliphatic carbocycles. The highest BCUT2D eigenvalue weighted by Crippen LogP contribution is 2.33. The average molecular weight is 443 g/mol. The van der Waals surface area contributed by atoms with E-state index in [1.807, 2.05) is 50.3 Å². The van der Waals surface area contributed by atoms with E-state index >= 15 is 0 Å². The molecule has 31 heavy (non-hydrogen) atoms. The van der Waals surface area contributed by atoms with Gasteiger partial charge in [0, 0.05) is 53.4 Å². The van der Waals surface area contributed by atoms with E-state index in [1.54, 1.807) is 9.91 Å². The zero-order chi connectivity index (χ0) is 22.5. The molecular weight excluding hydrogens is 412 g/mol. The molecule has 1 amide bonds. The molecule has 2 aliphatic rings. The highest BCUT2D eigenvalue weighted by Gasteiger charge is 2.28. The monoisotopic (exact) mass is 442 g/mol. The van der Waals surface area contributed by atoms with E-state index in [-0.39, 0.29) is 12.5 Å². The first-order valence-electron chi connectivity index (χ1n) is 10.4. The topological polar surface area (TPSA) is 62.0 Å². The SMILES string of the molecule is C=C(/C(C)=C/C=C(\C)Cl)N(N)CC1CC(=C)N(c2ccc(N3CCOCC3=O)cc2)C1. The second-order valence-electron chi connectivity index (χ2n) is 8.06. The molecule has 2 aliphatic heterocycles. The minimum Gasteiger partial charge on any atom is -0.370 e. The number of amides is 1. The van der Waals surface area contributed by atoms with Gasteiger partial charge in [-0.3, -0.25) is 4.79 Å². The van der Waals surface area contributed by atoms with Crippen LogP contribution in [0.4, 0.5) is 11.4 Å². The minimum absolute atomic E-state index is 0.00560. The summed E-state index contributed by atoms with van der Waals surface area (Å²) in [6, 6.07) is 8.05. The molecule has 0 radical (unpaired) electrons. The Kier molecular flexibility index (Phi) is 7.59. The lowest BCUT2D eigenvalue weighted by Crippen LogP contribution is -2.41. The number of carbonyl (C=O) groups excluding carboxylic acids is 1. The predicted molar refractivity (Wildman–Crippen MR) is 128 cm³/mol. The number of rotatable bonds is 7. The number of ether oxygens (including phenoxy) is 1. The Morgan fingerprint density at radius 2 is 1.90 bits per heavy atom. The summed E-state index contributed by atoms with van der Waals surface area (Å²) in [7, 11) is 0. The van der Waals surface area contributed by atoms with Crippen LogP contribution in [0.15, 0.2) is 71.6 Å². The summed E-state index contributed by atoms with van der Waals surface area (Å²) in [5, 5.41) is 2.42. The molecule has 3 rings (SSSR count). The maximum atomic E-state index is 12.0. The van der Waals surface area contributed by atoms with E-state index in [0.29, 0.717) is 30.6 Å². The number of anilines is 2. The smallest absolute Gasteiger partial charge is 0.253 e. The van der Waals surface area contributed by atoms with Crippen LogP contribution in [0.5, 0.6) is 0 Å². The highest BCUT2D eigenvalue weighted by molar-refractivity contribution is 6.29. The molecule has 1 aromatic rings. The number of hydrogen-bond acceptors (Lipinski definition) is 5. The van der Waals surface area contributed by atoms with Gasteiger partial charge in [-0.1, -0.05) is 30.8 Å². The third-order valence-corrected chi connectivity index (χ3v) is 5.75. The van der Waals surface area contributed by atoms with E-state index in [9.17, 15) is 4.79 Å². The second kappa shape index (κ2) is 10.2. The molecule has 2 fully saturated rings. The van der Waals surface area contributed by atoms with Crippen molar-refractivity contribution in [2.24, 2.45) is 11.8 Å². The first kappa shape index (κ1) is 23.1. The summed E-state index contributed by atoms with van der Waals surface area (Å²) in [6.07, 6.45) is 4.63. The van der Waals surface area contributed by atoms with Crippen molar-refractivity contribution >= 4 is 28.9 Å². The van der Waals surface area contributed by atoms with Crippen LogP contribution in [0.1, 0.15) is 20.3 Å². The lowest BCUT2D eigenvalue weighted by Gasteiger charge is -2.28. The van der Waals surface area contributed by atoms with Crippen LogP contribution in [0, 0.1) is 5.92 Å². The van der Waals surface area contributed by atoms with Crippen molar-refractivity contribution in [3.8, 4) is 0 Å². The van der Waals surface area contributed by atoms with Crippen LogP contribution in [-0.4, -0.2) is 43.8 Å². The van der Waals surface area contributed by atoms with Crippen LogP contribution in [0.25, 0.3) is 0 Å². The number of morpholine rings is 1. The molecule has 166 valence electrons. The standard InChI is InChI=1S/C24H31ClN4O2/c1-17(5-6-18(2)25)20(4)29(26)15-21-13-19(3)28(14-21)23-9-7-22(8-10-23)27-11-12-31-16-24(27)30/h5-10,21H,3-4,11-16,26H2,1-2H3/b17-5+,18-6+. The van der Waals surface area contributed by atoms with Gasteiger partial charge in [0.1, 0.15) is 6.61 Å². The highest BCUT2D eigenvalue weighted by atomic mass is 35.5. The minimum atomic E-state index is -0.00560. The van der Waals surface area contributed by atoms with Gasteiger partial charge in [-0.2, -0.15) is 0 Å². The van der Waals surface area contributed by atoms with Crippen molar-refractivity contribution in [2.45, 2.75) is 20.3 Å². The largest absolute Gasteiger partial charge is 0.370 e. The molecule has 2 N–H and O–H groups in total. The molecule has 0 saturated carbocycles. The van der Waals surface area contributed by atoms with Gasteiger partial charge < -0.3 is 19.5 Å². The molecule has 0 bridgehead atoms. The zero-order valence-electron chi connectivity index (χ0n) is 18.3. The summed E-state index contributed by atoms with van der Waals surface area (Å²) in [6.45, 7) is 15.0. The summed E-state index contributed by atoms with van der Waals surface area (Å²) in [4.78, 5) is 16.0. The van der Waals surface area contributed by atoms with Gasteiger partial charge in [0.05, 0.1) is 6.61 Å². The van der Waals surface area contributed by atoms with E-state index in [0.717, 1.165) is 41.3 Å². The van der Waals surface area contributed by atoms with Gasteiger partial charge in [0.15, 0.2) is 0 Å². The average Bonchev–Trinajstić information content (AvgIpc) is 3.11. The maximum absolute atomic E-state index is 12.0. The lowest BCUT2D eigenvalue weighted by molar-refractivity contribution is -0.125. The van der Waals surface area contributed by atoms with Crippen LogP contribution < -0.4 is 15.6 Å². The fraction of sp³-hybridized carbons (Fsp3) is 0.375. The van der Waals surface area contributed by atoms with Crippen molar-refractivity contribution in [1.82, 2.24) is 5.01 Å². The van der Waals surface area contributed by atoms with Crippen molar-refractivity contribution in [1.29, 1.82) is 0 Å². The van der Waals surface area contributed by atoms with Gasteiger partial charge >= 0.3 is 0 Å². The summed E-state index contributed by atoms with van der Waals surface area (Å²) in [5.41, 5.74) is 4.78. The second-order valence-corrected chi connectivity index (χ2v) is 8.66. The van der Waals surface area contributed by atoms with E-state index in [4.69, 9.17) is 22.2 Å². The maximum Gasteiger partial charge on any atom is 0.253 e. The summed E-state index contributed by atoms with van der Waals surface area (Å²) >= 11 is 5.90. The number of allylic oxidation sites excluding steroid dienone is 5. The predicted octanol–water partition coefficient (Wildman–Crippen LogP) is 4.17. The Morgan fingerprint density at radius 3 is 2.52 bits per heavy atom. The molecular formula is C24H31ClN4O2. The Bertz CT molecular complexity index is 903. The third-order valence-electron chi connectivity index (χ3n) is 5.63. The van der Waals surface area contributed by atoms with Crippen molar-refractivity contribution in [3.63, 3.8) is 0 Å². The van der Waals surface area contributed by atoms with Crippen LogP contribution in [0.2, 0.25) is 0 Å². The molecule has 0 spiro atoms. The van der Waals surface area contributed by atoms with Crippen LogP contribution >= 0.6 is 11.6 Å². The first-order chi connectivity index (χ1) is 14.8. The van der Waals surface area contributed by atoms with Crippen LogP contribution in [-0.2, 0) is 9.53 Å². The molecule has 1 aromatic carbocycles. The van der Waals surface area contributed by atoms with E-state index in [2.05, 4.69) is 18.1 Å². The zero-order valence-corrected chi connectivity index (χ0v) is 19.1. The van der Waals surface area contributed by atoms with E-state index < -0.39 is 0 Å². The molecule has 0 aromatic heterocycles. The number of hydrogen-bond donors (Lipinski definition) is 1. The Morgan fingerprint density at radius 1 is 1.26 bits per heavy atom. The number of benzene rings is 1. The molecule has 2 heterocycles. The number of nitrogens with zero attached hydrogens (tertiary/aromatic N) is 3. The van der Waals surface area contributed by atoms with Crippen molar-refractivity contribution < 1.29 is 9.53 Å². The quantitative estimate of drug-likeness (QED) is 0.390. The first-order valence-corrected chi connectivity index (χ1v) is 10.8. The third kappa shape index (κ3) is 5.79. The fourth-order valence-electron chi connectivity index (χ4n) is 3.86. The Balaban J connectivity index is 1.61. The number of carbonyl (C=O) groups is 1. The van der Waals surface area contributed by atoms with Gasteiger partial charge in [0.2, 0.25) is 0 Å². The van der Waals surface area contributed by atoms with Gasteiger partial charge in [0.25, 0.3) is 5.91 Å². The molecule has 7 heteroatoms. The van der Waals surface area contributed by atoms with E-state index in [1.165, 1.54) is 0 Å². The molecule has 2 saturated heterocycles. The molecule has 6 nitrogen and oxygen atoms in total. The van der Waals surface area contributed by atoms with Crippen LogP contribution in [0.3, 0.4) is 0 Å². The number of nitrogens with two attached hydrogens (primary N) is 1. The van der Waals surface area contributed by atoms with Gasteiger partial charge in [-0.15, -0.1) is 0 Å². The molecule has 1 unspecified atom stereocenters. The number of halogens is 1. The van der Waals surface area contributed by atoms with Gasteiger partial charge in [-0.25, -0.2) is 5.84 Å². The van der Waals surface area contributed by atoms with Crippen molar-refractivity contribution in [3.05, 3.63) is 71.6 Å².